The average Bonchev–Trinajstić information content (AvgIpc) is 2.42. The second-order valence-corrected chi connectivity index (χ2v) is 6.10. The predicted molar refractivity (Wildman–Crippen MR) is 80.4 cm³/mol. The smallest absolute Gasteiger partial charge is 0.223 e. The molecule has 0 aliphatic carbocycles. The van der Waals surface area contributed by atoms with Crippen molar-refractivity contribution in [3.8, 4) is 0 Å². The van der Waals surface area contributed by atoms with Gasteiger partial charge in [-0.05, 0) is 12.3 Å². The molecule has 20 heavy (non-hydrogen) atoms. The number of carbonyl (C=O) groups is 2. The monoisotopic (exact) mass is 283 g/mol. The van der Waals surface area contributed by atoms with Crippen LogP contribution in [0.1, 0.15) is 33.6 Å². The van der Waals surface area contributed by atoms with Crippen LogP contribution in [-0.2, 0) is 9.59 Å². The highest BCUT2D eigenvalue weighted by Gasteiger charge is 2.19. The van der Waals surface area contributed by atoms with Gasteiger partial charge in [-0.2, -0.15) is 0 Å². The van der Waals surface area contributed by atoms with E-state index in [1.54, 1.807) is 6.92 Å². The highest BCUT2D eigenvalue weighted by atomic mass is 16.2. The molecule has 0 spiro atoms. The second-order valence-electron chi connectivity index (χ2n) is 6.10. The van der Waals surface area contributed by atoms with E-state index in [9.17, 15) is 9.59 Å². The second kappa shape index (κ2) is 8.25. The van der Waals surface area contributed by atoms with Crippen LogP contribution in [0, 0.1) is 5.92 Å². The molecule has 116 valence electrons. The fourth-order valence-electron chi connectivity index (χ4n) is 2.31. The Morgan fingerprint density at radius 1 is 1.15 bits per heavy atom. The van der Waals surface area contributed by atoms with Gasteiger partial charge in [-0.15, -0.1) is 0 Å². The van der Waals surface area contributed by atoms with Gasteiger partial charge in [-0.25, -0.2) is 0 Å². The molecule has 0 N–H and O–H groups in total. The highest BCUT2D eigenvalue weighted by Crippen LogP contribution is 2.05. The van der Waals surface area contributed by atoms with Crippen molar-refractivity contribution in [1.29, 1.82) is 0 Å². The Morgan fingerprint density at radius 3 is 2.25 bits per heavy atom. The third-order valence-corrected chi connectivity index (χ3v) is 3.93. The molecule has 2 amide bonds. The van der Waals surface area contributed by atoms with E-state index >= 15 is 0 Å². The van der Waals surface area contributed by atoms with Crippen molar-refractivity contribution in [3.05, 3.63) is 0 Å². The third-order valence-electron chi connectivity index (χ3n) is 3.93. The molecule has 0 aromatic rings. The molecule has 1 saturated heterocycles. The van der Waals surface area contributed by atoms with Crippen molar-refractivity contribution >= 4 is 11.8 Å². The number of nitrogens with zero attached hydrogens (tertiary/aromatic N) is 3. The Balaban J connectivity index is 2.20. The standard InChI is InChI=1S/C15H29N3O2/c1-13(2)5-7-16(4)15(20)6-8-17-9-11-18(12-10-17)14(3)19/h13H,5-12H2,1-4H3. The average molecular weight is 283 g/mol. The molecule has 0 bridgehead atoms. The first-order valence-electron chi connectivity index (χ1n) is 7.62. The summed E-state index contributed by atoms with van der Waals surface area (Å²) in [5.41, 5.74) is 0. The lowest BCUT2D eigenvalue weighted by Gasteiger charge is -2.34. The maximum atomic E-state index is 12.0. The molecule has 0 atom stereocenters. The Kier molecular flexibility index (Phi) is 6.99. The molecule has 0 radical (unpaired) electrons. The Morgan fingerprint density at radius 2 is 1.75 bits per heavy atom. The number of piperazine rings is 1. The van der Waals surface area contributed by atoms with Crippen LogP contribution in [0.2, 0.25) is 0 Å². The van der Waals surface area contributed by atoms with Crippen molar-refractivity contribution in [3.63, 3.8) is 0 Å². The molecule has 0 aromatic heterocycles. The lowest BCUT2D eigenvalue weighted by atomic mass is 10.1. The molecule has 1 rings (SSSR count). The Bertz CT molecular complexity index is 323. The van der Waals surface area contributed by atoms with Gasteiger partial charge in [0.2, 0.25) is 11.8 Å². The van der Waals surface area contributed by atoms with E-state index < -0.39 is 0 Å². The first-order valence-corrected chi connectivity index (χ1v) is 7.62. The van der Waals surface area contributed by atoms with Crippen LogP contribution in [0.25, 0.3) is 0 Å². The minimum Gasteiger partial charge on any atom is -0.346 e. The summed E-state index contributed by atoms with van der Waals surface area (Å²) < 4.78 is 0. The lowest BCUT2D eigenvalue weighted by Crippen LogP contribution is -2.48. The molecule has 0 saturated carbocycles. The molecule has 1 aliphatic heterocycles. The van der Waals surface area contributed by atoms with Crippen molar-refractivity contribution in [1.82, 2.24) is 14.7 Å². The summed E-state index contributed by atoms with van der Waals surface area (Å²) in [6.45, 7) is 10.9. The highest BCUT2D eigenvalue weighted by molar-refractivity contribution is 5.76. The molecule has 1 aliphatic rings. The van der Waals surface area contributed by atoms with E-state index in [4.69, 9.17) is 0 Å². The fourth-order valence-corrected chi connectivity index (χ4v) is 2.31. The quantitative estimate of drug-likeness (QED) is 0.732. The van der Waals surface area contributed by atoms with Crippen molar-refractivity contribution in [2.24, 2.45) is 5.92 Å². The van der Waals surface area contributed by atoms with Crippen molar-refractivity contribution in [2.75, 3.05) is 46.3 Å². The summed E-state index contributed by atoms with van der Waals surface area (Å²) in [7, 11) is 1.89. The summed E-state index contributed by atoms with van der Waals surface area (Å²) in [5, 5.41) is 0. The minimum atomic E-state index is 0.147. The van der Waals surface area contributed by atoms with Gasteiger partial charge in [0.05, 0.1) is 0 Å². The normalized spacial score (nSPS) is 16.6. The number of carbonyl (C=O) groups excluding carboxylic acids is 2. The van der Waals surface area contributed by atoms with E-state index in [0.717, 1.165) is 45.7 Å². The van der Waals surface area contributed by atoms with Gasteiger partial charge in [0.15, 0.2) is 0 Å². The van der Waals surface area contributed by atoms with E-state index in [0.29, 0.717) is 12.3 Å². The first-order chi connectivity index (χ1) is 9.40. The molecule has 1 heterocycles. The van der Waals surface area contributed by atoms with Crippen LogP contribution in [0.5, 0.6) is 0 Å². The maximum absolute atomic E-state index is 12.0. The van der Waals surface area contributed by atoms with Crippen LogP contribution < -0.4 is 0 Å². The van der Waals surface area contributed by atoms with Gasteiger partial charge in [0, 0.05) is 59.7 Å². The van der Waals surface area contributed by atoms with Gasteiger partial charge in [-0.1, -0.05) is 13.8 Å². The van der Waals surface area contributed by atoms with Gasteiger partial charge in [0.1, 0.15) is 0 Å². The van der Waals surface area contributed by atoms with Crippen LogP contribution in [0.15, 0.2) is 0 Å². The molecular formula is C15H29N3O2. The van der Waals surface area contributed by atoms with Gasteiger partial charge in [0.25, 0.3) is 0 Å². The molecule has 0 unspecified atom stereocenters. The molecule has 1 fully saturated rings. The summed E-state index contributed by atoms with van der Waals surface area (Å²) in [5.74, 6) is 0.999. The van der Waals surface area contributed by atoms with Crippen molar-refractivity contribution in [2.45, 2.75) is 33.6 Å². The van der Waals surface area contributed by atoms with Gasteiger partial charge < -0.3 is 9.80 Å². The van der Waals surface area contributed by atoms with Crippen LogP contribution in [0.4, 0.5) is 0 Å². The van der Waals surface area contributed by atoms with E-state index in [-0.39, 0.29) is 11.8 Å². The van der Waals surface area contributed by atoms with Gasteiger partial charge >= 0.3 is 0 Å². The summed E-state index contributed by atoms with van der Waals surface area (Å²) in [6, 6.07) is 0. The topological polar surface area (TPSA) is 43.9 Å². The maximum Gasteiger partial charge on any atom is 0.223 e. The predicted octanol–water partition coefficient (Wildman–Crippen LogP) is 1.05. The van der Waals surface area contributed by atoms with Crippen molar-refractivity contribution < 1.29 is 9.59 Å². The lowest BCUT2D eigenvalue weighted by molar-refractivity contribution is -0.132. The van der Waals surface area contributed by atoms with Crippen LogP contribution in [-0.4, -0.2) is 72.8 Å². The van der Waals surface area contributed by atoms with E-state index in [2.05, 4.69) is 18.7 Å². The Labute approximate surface area is 122 Å². The number of rotatable bonds is 6. The Hall–Kier alpha value is -1.10. The van der Waals surface area contributed by atoms with Crippen LogP contribution in [0.3, 0.4) is 0 Å². The van der Waals surface area contributed by atoms with E-state index in [1.807, 2.05) is 16.8 Å². The largest absolute Gasteiger partial charge is 0.346 e. The number of amides is 2. The summed E-state index contributed by atoms with van der Waals surface area (Å²) in [6.07, 6.45) is 1.63. The fraction of sp³-hybridized carbons (Fsp3) is 0.867. The molecule has 5 nitrogen and oxygen atoms in total. The first kappa shape index (κ1) is 17.0. The third kappa shape index (κ3) is 5.90. The molecule has 5 heteroatoms. The van der Waals surface area contributed by atoms with Gasteiger partial charge in [-0.3, -0.25) is 14.5 Å². The molecule has 0 aromatic carbocycles. The zero-order valence-corrected chi connectivity index (χ0v) is 13.4. The zero-order chi connectivity index (χ0) is 15.1. The van der Waals surface area contributed by atoms with E-state index in [1.165, 1.54) is 0 Å². The zero-order valence-electron chi connectivity index (χ0n) is 13.4. The molecular weight excluding hydrogens is 254 g/mol. The SMILES string of the molecule is CC(=O)N1CCN(CCC(=O)N(C)CCC(C)C)CC1. The summed E-state index contributed by atoms with van der Waals surface area (Å²) in [4.78, 5) is 29.2. The number of hydrogen-bond donors (Lipinski definition) is 0. The van der Waals surface area contributed by atoms with Crippen LogP contribution >= 0.6 is 0 Å². The summed E-state index contributed by atoms with van der Waals surface area (Å²) >= 11 is 0. The number of hydrogen-bond acceptors (Lipinski definition) is 3. The minimum absolute atomic E-state index is 0.147.